The smallest absolute Gasteiger partial charge is 0.420 e. The van der Waals surface area contributed by atoms with Crippen LogP contribution in [-0.2, 0) is 26.1 Å². The quantitative estimate of drug-likeness (QED) is 0.585. The van der Waals surface area contributed by atoms with Crippen molar-refractivity contribution in [2.45, 2.75) is 25.3 Å². The molecule has 0 atom stereocenters. The third-order valence-electron chi connectivity index (χ3n) is 4.32. The molecule has 3 rings (SSSR count). The normalized spacial score (nSPS) is 11.5. The van der Waals surface area contributed by atoms with E-state index >= 15 is 0 Å². The van der Waals surface area contributed by atoms with Crippen molar-refractivity contribution in [3.05, 3.63) is 58.6 Å². The lowest BCUT2D eigenvalue weighted by atomic mass is 10.2. The molecule has 0 radical (unpaired) electrons. The summed E-state index contributed by atoms with van der Waals surface area (Å²) in [6.45, 7) is 3.54. The number of benzene rings is 2. The number of aromatic nitrogens is 1. The van der Waals surface area contributed by atoms with E-state index in [4.69, 9.17) is 4.42 Å². The van der Waals surface area contributed by atoms with Crippen LogP contribution in [0.1, 0.15) is 12.5 Å². The maximum Gasteiger partial charge on any atom is 0.420 e. The van der Waals surface area contributed by atoms with Gasteiger partial charge < -0.3 is 9.15 Å². The third-order valence-corrected chi connectivity index (χ3v) is 6.22. The summed E-state index contributed by atoms with van der Waals surface area (Å²) in [5.41, 5.74) is 1.88. The summed E-state index contributed by atoms with van der Waals surface area (Å²) in [5.74, 6) is -1.38. The first-order valence-corrected chi connectivity index (χ1v) is 10.0. The van der Waals surface area contributed by atoms with Crippen LogP contribution in [0.3, 0.4) is 0 Å². The third kappa shape index (κ3) is 3.53. The van der Waals surface area contributed by atoms with Crippen LogP contribution >= 0.6 is 0 Å². The molecular formula is C19H20N2O6S. The molecule has 0 aliphatic rings. The highest BCUT2D eigenvalue weighted by Crippen LogP contribution is 2.26. The maximum atomic E-state index is 13.2. The van der Waals surface area contributed by atoms with Crippen LogP contribution in [0.15, 0.2) is 56.6 Å². The molecule has 2 aromatic carbocycles. The Morgan fingerprint density at radius 3 is 2.61 bits per heavy atom. The molecule has 28 heavy (non-hydrogen) atoms. The zero-order valence-electron chi connectivity index (χ0n) is 15.7. The standard InChI is InChI=1S/C19H20N2O6S/c1-4-21(14-7-5-6-13(2)10-14)28(24,25)15-8-9-16-17(11-15)27-19(23)20(16)12-18(22)26-3/h5-11H,4,12H2,1-3H3. The highest BCUT2D eigenvalue weighted by Gasteiger charge is 2.25. The second-order valence-electron chi connectivity index (χ2n) is 6.17. The molecule has 1 aromatic heterocycles. The summed E-state index contributed by atoms with van der Waals surface area (Å²) in [5, 5.41) is 0. The van der Waals surface area contributed by atoms with E-state index < -0.39 is 21.7 Å². The van der Waals surface area contributed by atoms with E-state index in [9.17, 15) is 18.0 Å². The second kappa shape index (κ2) is 7.51. The monoisotopic (exact) mass is 404 g/mol. The number of anilines is 1. The topological polar surface area (TPSA) is 98.8 Å². The molecule has 0 bridgehead atoms. The van der Waals surface area contributed by atoms with Crippen LogP contribution < -0.4 is 10.1 Å². The number of fused-ring (bicyclic) bond motifs is 1. The summed E-state index contributed by atoms with van der Waals surface area (Å²) < 4.78 is 38.4. The van der Waals surface area contributed by atoms with Crippen LogP contribution in [0.2, 0.25) is 0 Å². The molecule has 0 amide bonds. The zero-order valence-corrected chi connectivity index (χ0v) is 16.5. The van der Waals surface area contributed by atoms with Crippen molar-refractivity contribution in [1.82, 2.24) is 4.57 Å². The van der Waals surface area contributed by atoms with Crippen LogP contribution in [0.25, 0.3) is 11.1 Å². The first kappa shape index (κ1) is 19.7. The van der Waals surface area contributed by atoms with Crippen molar-refractivity contribution in [2.24, 2.45) is 0 Å². The molecule has 0 unspecified atom stereocenters. The van der Waals surface area contributed by atoms with Gasteiger partial charge in [0.15, 0.2) is 5.58 Å². The minimum absolute atomic E-state index is 0.0117. The number of carbonyl (C=O) groups excluding carboxylic acids is 1. The molecule has 0 fully saturated rings. The first-order valence-electron chi connectivity index (χ1n) is 8.57. The van der Waals surface area contributed by atoms with Crippen LogP contribution in [0.4, 0.5) is 5.69 Å². The minimum Gasteiger partial charge on any atom is -0.468 e. The van der Waals surface area contributed by atoms with Gasteiger partial charge >= 0.3 is 11.7 Å². The predicted octanol–water partition coefficient (Wildman–Crippen LogP) is 2.29. The fourth-order valence-electron chi connectivity index (χ4n) is 2.95. The Hall–Kier alpha value is -3.07. The lowest BCUT2D eigenvalue weighted by Gasteiger charge is -2.23. The van der Waals surface area contributed by atoms with Gasteiger partial charge in [0.2, 0.25) is 0 Å². The predicted molar refractivity (Wildman–Crippen MR) is 104 cm³/mol. The van der Waals surface area contributed by atoms with Crippen LogP contribution in [0, 0.1) is 6.92 Å². The molecular weight excluding hydrogens is 384 g/mol. The van der Waals surface area contributed by atoms with Gasteiger partial charge in [0.1, 0.15) is 6.54 Å². The lowest BCUT2D eigenvalue weighted by molar-refractivity contribution is -0.141. The van der Waals surface area contributed by atoms with Crippen molar-refractivity contribution >= 4 is 32.8 Å². The fourth-order valence-corrected chi connectivity index (χ4v) is 4.43. The highest BCUT2D eigenvalue weighted by molar-refractivity contribution is 7.92. The van der Waals surface area contributed by atoms with Crippen molar-refractivity contribution < 1.29 is 22.4 Å². The molecule has 0 saturated carbocycles. The lowest BCUT2D eigenvalue weighted by Crippen LogP contribution is -2.30. The molecule has 0 aliphatic heterocycles. The van der Waals surface area contributed by atoms with E-state index in [1.807, 2.05) is 13.0 Å². The second-order valence-corrected chi connectivity index (χ2v) is 8.03. The number of carbonyl (C=O) groups is 1. The minimum atomic E-state index is -3.87. The number of hydrogen-bond donors (Lipinski definition) is 0. The van der Waals surface area contributed by atoms with Gasteiger partial charge in [0.25, 0.3) is 10.0 Å². The van der Waals surface area contributed by atoms with Gasteiger partial charge in [-0.2, -0.15) is 0 Å². The number of oxazole rings is 1. The summed E-state index contributed by atoms with van der Waals surface area (Å²) >= 11 is 0. The molecule has 0 saturated heterocycles. The zero-order chi connectivity index (χ0) is 20.5. The molecule has 148 valence electrons. The number of nitrogens with zero attached hydrogens (tertiary/aromatic N) is 2. The van der Waals surface area contributed by atoms with Crippen LogP contribution in [0.5, 0.6) is 0 Å². The Labute approximate surface area is 162 Å². The van der Waals surface area contributed by atoms with Crippen molar-refractivity contribution in [3.8, 4) is 0 Å². The molecule has 8 nitrogen and oxygen atoms in total. The summed E-state index contributed by atoms with van der Waals surface area (Å²) in [4.78, 5) is 23.5. The Kier molecular flexibility index (Phi) is 5.28. The molecule has 9 heteroatoms. The molecule has 0 N–H and O–H groups in total. The molecule has 0 spiro atoms. The summed E-state index contributed by atoms with van der Waals surface area (Å²) in [6.07, 6.45) is 0. The van der Waals surface area contributed by atoms with Gasteiger partial charge in [-0.3, -0.25) is 13.7 Å². The van der Waals surface area contributed by atoms with E-state index in [1.54, 1.807) is 25.1 Å². The van der Waals surface area contributed by atoms with E-state index in [0.29, 0.717) is 11.2 Å². The number of methoxy groups -OCH3 is 1. The largest absolute Gasteiger partial charge is 0.468 e. The van der Waals surface area contributed by atoms with E-state index in [0.717, 1.165) is 10.1 Å². The maximum absolute atomic E-state index is 13.2. The average molecular weight is 404 g/mol. The fraction of sp³-hybridized carbons (Fsp3) is 0.263. The summed E-state index contributed by atoms with van der Waals surface area (Å²) in [6, 6.07) is 11.3. The van der Waals surface area contributed by atoms with E-state index in [1.165, 1.54) is 29.6 Å². The molecule has 3 aromatic rings. The average Bonchev–Trinajstić information content (AvgIpc) is 2.96. The number of sulfonamides is 1. The van der Waals surface area contributed by atoms with Gasteiger partial charge in [0, 0.05) is 12.6 Å². The molecule has 0 aliphatic carbocycles. The molecule has 1 heterocycles. The Morgan fingerprint density at radius 2 is 1.96 bits per heavy atom. The number of aryl methyl sites for hydroxylation is 1. The van der Waals surface area contributed by atoms with E-state index in [2.05, 4.69) is 4.74 Å². The van der Waals surface area contributed by atoms with Crippen molar-refractivity contribution in [1.29, 1.82) is 0 Å². The van der Waals surface area contributed by atoms with Gasteiger partial charge in [-0.15, -0.1) is 0 Å². The highest BCUT2D eigenvalue weighted by atomic mass is 32.2. The van der Waals surface area contributed by atoms with Crippen LogP contribution in [-0.4, -0.2) is 32.6 Å². The van der Waals surface area contributed by atoms with Crippen molar-refractivity contribution in [3.63, 3.8) is 0 Å². The first-order chi connectivity index (χ1) is 13.3. The Balaban J connectivity index is 2.07. The van der Waals surface area contributed by atoms with Gasteiger partial charge in [0.05, 0.1) is 23.2 Å². The number of rotatable bonds is 6. The van der Waals surface area contributed by atoms with Gasteiger partial charge in [-0.25, -0.2) is 13.2 Å². The van der Waals surface area contributed by atoms with Gasteiger partial charge in [-0.1, -0.05) is 12.1 Å². The number of hydrogen-bond acceptors (Lipinski definition) is 6. The SMILES string of the molecule is CCN(c1cccc(C)c1)S(=O)(=O)c1ccc2c(c1)oc(=O)n2CC(=O)OC. The Bertz CT molecular complexity index is 1190. The summed E-state index contributed by atoms with van der Waals surface area (Å²) in [7, 11) is -2.66. The Morgan fingerprint density at radius 1 is 1.21 bits per heavy atom. The number of esters is 1. The number of ether oxygens (including phenoxy) is 1. The van der Waals surface area contributed by atoms with E-state index in [-0.39, 0.29) is 23.6 Å². The van der Waals surface area contributed by atoms with Gasteiger partial charge in [-0.05, 0) is 43.7 Å². The van der Waals surface area contributed by atoms with Crippen molar-refractivity contribution in [2.75, 3.05) is 18.0 Å².